The van der Waals surface area contributed by atoms with Crippen LogP contribution in [0.3, 0.4) is 0 Å². The first-order valence-electron chi connectivity index (χ1n) is 6.38. The first-order valence-corrected chi connectivity index (χ1v) is 7.61. The Morgan fingerprint density at radius 1 is 1.24 bits per heavy atom. The molecule has 0 aliphatic rings. The van der Waals surface area contributed by atoms with Crippen molar-refractivity contribution in [3.05, 3.63) is 59.7 Å². The smallest absolute Gasteiger partial charge is 0.256 e. The third kappa shape index (κ3) is 4.12. The Bertz CT molecular complexity index is 701. The average molecular weight is 297 g/mol. The van der Waals surface area contributed by atoms with Gasteiger partial charge in [0.15, 0.2) is 0 Å². The Morgan fingerprint density at radius 3 is 2.81 bits per heavy atom. The first-order chi connectivity index (χ1) is 10.2. The standard InChI is InChI=1S/C17H15NO2S/c1-21-15-9-4-8-14(12-15)18-17(20)16-10-3-2-6-13(16)7-5-11-19/h2-4,6,8-10,12,19H,11H2,1H3,(H,18,20). The molecule has 2 aromatic carbocycles. The molecule has 0 aromatic heterocycles. The van der Waals surface area contributed by atoms with E-state index in [1.54, 1.807) is 30.0 Å². The molecular weight excluding hydrogens is 282 g/mol. The lowest BCUT2D eigenvalue weighted by Crippen LogP contribution is -2.13. The molecule has 0 bridgehead atoms. The predicted octanol–water partition coefficient (Wildman–Crippen LogP) is 3.00. The maximum atomic E-state index is 12.3. The van der Waals surface area contributed by atoms with Crippen molar-refractivity contribution in [3.63, 3.8) is 0 Å². The van der Waals surface area contributed by atoms with Gasteiger partial charge in [-0.05, 0) is 36.6 Å². The van der Waals surface area contributed by atoms with Gasteiger partial charge in [0.1, 0.15) is 6.61 Å². The second-order valence-corrected chi connectivity index (χ2v) is 5.07. The normalized spacial score (nSPS) is 9.62. The van der Waals surface area contributed by atoms with Crippen molar-refractivity contribution in [2.75, 3.05) is 18.2 Å². The molecule has 0 saturated heterocycles. The third-order valence-electron chi connectivity index (χ3n) is 2.80. The quantitative estimate of drug-likeness (QED) is 0.676. The zero-order valence-electron chi connectivity index (χ0n) is 11.6. The minimum atomic E-state index is -0.230. The highest BCUT2D eigenvalue weighted by atomic mass is 32.2. The largest absolute Gasteiger partial charge is 0.384 e. The second kappa shape index (κ2) is 7.53. The fourth-order valence-electron chi connectivity index (χ4n) is 1.82. The zero-order valence-corrected chi connectivity index (χ0v) is 12.4. The molecule has 0 heterocycles. The van der Waals surface area contributed by atoms with Crippen molar-refractivity contribution in [2.24, 2.45) is 0 Å². The number of carbonyl (C=O) groups excluding carboxylic acids is 1. The molecule has 2 rings (SSSR count). The van der Waals surface area contributed by atoms with Crippen molar-refractivity contribution in [1.29, 1.82) is 0 Å². The summed E-state index contributed by atoms with van der Waals surface area (Å²) < 4.78 is 0. The molecule has 2 N–H and O–H groups in total. The van der Waals surface area contributed by atoms with Crippen molar-refractivity contribution in [2.45, 2.75) is 4.90 Å². The number of benzene rings is 2. The summed E-state index contributed by atoms with van der Waals surface area (Å²) in [5.74, 6) is 5.14. The maximum absolute atomic E-state index is 12.3. The summed E-state index contributed by atoms with van der Waals surface area (Å²) in [4.78, 5) is 13.4. The molecule has 0 spiro atoms. The average Bonchev–Trinajstić information content (AvgIpc) is 2.53. The Morgan fingerprint density at radius 2 is 2.05 bits per heavy atom. The molecule has 0 fully saturated rings. The second-order valence-electron chi connectivity index (χ2n) is 4.19. The van der Waals surface area contributed by atoms with E-state index < -0.39 is 0 Å². The van der Waals surface area contributed by atoms with E-state index in [1.165, 1.54) is 0 Å². The van der Waals surface area contributed by atoms with Gasteiger partial charge in [-0.2, -0.15) is 0 Å². The Kier molecular flexibility index (Phi) is 5.44. The van der Waals surface area contributed by atoms with Crippen LogP contribution in [0.2, 0.25) is 0 Å². The van der Waals surface area contributed by atoms with Crippen LogP contribution < -0.4 is 5.32 Å². The maximum Gasteiger partial charge on any atom is 0.256 e. The van der Waals surface area contributed by atoms with E-state index in [9.17, 15) is 4.79 Å². The highest BCUT2D eigenvalue weighted by Crippen LogP contribution is 2.20. The van der Waals surface area contributed by atoms with Gasteiger partial charge in [0, 0.05) is 16.1 Å². The molecule has 0 unspecified atom stereocenters. The molecule has 3 nitrogen and oxygen atoms in total. The first kappa shape index (κ1) is 15.2. The van der Waals surface area contributed by atoms with E-state index in [0.29, 0.717) is 11.1 Å². The highest BCUT2D eigenvalue weighted by molar-refractivity contribution is 7.98. The number of amides is 1. The van der Waals surface area contributed by atoms with Gasteiger partial charge in [-0.25, -0.2) is 0 Å². The molecule has 0 aliphatic carbocycles. The lowest BCUT2D eigenvalue weighted by atomic mass is 10.1. The van der Waals surface area contributed by atoms with Crippen LogP contribution in [-0.2, 0) is 0 Å². The molecule has 0 saturated carbocycles. The van der Waals surface area contributed by atoms with Gasteiger partial charge >= 0.3 is 0 Å². The summed E-state index contributed by atoms with van der Waals surface area (Å²) in [6, 6.07) is 14.7. The summed E-state index contributed by atoms with van der Waals surface area (Å²) in [5.41, 5.74) is 1.84. The number of nitrogens with one attached hydrogen (secondary N) is 1. The van der Waals surface area contributed by atoms with Crippen LogP contribution in [0.4, 0.5) is 5.69 Å². The van der Waals surface area contributed by atoms with E-state index in [2.05, 4.69) is 17.2 Å². The highest BCUT2D eigenvalue weighted by Gasteiger charge is 2.10. The summed E-state index contributed by atoms with van der Waals surface area (Å²) in [5, 5.41) is 11.6. The van der Waals surface area contributed by atoms with E-state index in [-0.39, 0.29) is 12.5 Å². The van der Waals surface area contributed by atoms with Crippen molar-refractivity contribution >= 4 is 23.4 Å². The Labute approximate surface area is 128 Å². The fraction of sp³-hybridized carbons (Fsp3) is 0.118. The SMILES string of the molecule is CSc1cccc(NC(=O)c2ccccc2C#CCO)c1. The van der Waals surface area contributed by atoms with Crippen molar-refractivity contribution in [1.82, 2.24) is 0 Å². The zero-order chi connectivity index (χ0) is 15.1. The minimum Gasteiger partial charge on any atom is -0.384 e. The van der Waals surface area contributed by atoms with Gasteiger partial charge < -0.3 is 10.4 Å². The van der Waals surface area contributed by atoms with E-state index >= 15 is 0 Å². The summed E-state index contributed by atoms with van der Waals surface area (Å²) in [6.45, 7) is -0.230. The lowest BCUT2D eigenvalue weighted by Gasteiger charge is -2.08. The van der Waals surface area contributed by atoms with Crippen molar-refractivity contribution < 1.29 is 9.90 Å². The van der Waals surface area contributed by atoms with Crippen LogP contribution in [-0.4, -0.2) is 23.9 Å². The van der Waals surface area contributed by atoms with Crippen LogP contribution in [0.1, 0.15) is 15.9 Å². The Hall–Kier alpha value is -2.22. The van der Waals surface area contributed by atoms with Gasteiger partial charge in [-0.1, -0.05) is 30.0 Å². The number of hydrogen-bond acceptors (Lipinski definition) is 3. The van der Waals surface area contributed by atoms with Crippen LogP contribution in [0.5, 0.6) is 0 Å². The number of aliphatic hydroxyl groups is 1. The van der Waals surface area contributed by atoms with Crippen LogP contribution in [0.15, 0.2) is 53.4 Å². The van der Waals surface area contributed by atoms with E-state index in [1.807, 2.05) is 36.6 Å². The minimum absolute atomic E-state index is 0.212. The predicted molar refractivity (Wildman–Crippen MR) is 86.6 cm³/mol. The summed E-state index contributed by atoms with van der Waals surface area (Å²) >= 11 is 1.62. The number of hydrogen-bond donors (Lipinski definition) is 2. The molecule has 0 aliphatic heterocycles. The number of anilines is 1. The third-order valence-corrected chi connectivity index (χ3v) is 3.53. The molecule has 0 radical (unpaired) electrons. The van der Waals surface area contributed by atoms with E-state index in [4.69, 9.17) is 5.11 Å². The fourth-order valence-corrected chi connectivity index (χ4v) is 2.28. The van der Waals surface area contributed by atoms with Gasteiger partial charge in [-0.15, -0.1) is 11.8 Å². The molecule has 4 heteroatoms. The molecular formula is C17H15NO2S. The summed E-state index contributed by atoms with van der Waals surface area (Å²) in [6.07, 6.45) is 1.99. The van der Waals surface area contributed by atoms with Crippen molar-refractivity contribution in [3.8, 4) is 11.8 Å². The number of rotatable bonds is 3. The number of carbonyl (C=O) groups is 1. The number of aliphatic hydroxyl groups excluding tert-OH is 1. The summed E-state index contributed by atoms with van der Waals surface area (Å²) in [7, 11) is 0. The van der Waals surface area contributed by atoms with Gasteiger partial charge in [0.25, 0.3) is 5.91 Å². The molecule has 2 aromatic rings. The van der Waals surface area contributed by atoms with Crippen LogP contribution >= 0.6 is 11.8 Å². The molecule has 21 heavy (non-hydrogen) atoms. The Balaban J connectivity index is 2.24. The van der Waals surface area contributed by atoms with Crippen LogP contribution in [0, 0.1) is 11.8 Å². The monoisotopic (exact) mass is 297 g/mol. The molecule has 106 valence electrons. The lowest BCUT2D eigenvalue weighted by molar-refractivity contribution is 0.102. The van der Waals surface area contributed by atoms with Gasteiger partial charge in [-0.3, -0.25) is 4.79 Å². The molecule has 1 amide bonds. The van der Waals surface area contributed by atoms with E-state index in [0.717, 1.165) is 10.6 Å². The molecule has 0 atom stereocenters. The van der Waals surface area contributed by atoms with Gasteiger partial charge in [0.05, 0.1) is 5.56 Å². The number of thioether (sulfide) groups is 1. The topological polar surface area (TPSA) is 49.3 Å². The van der Waals surface area contributed by atoms with Crippen LogP contribution in [0.25, 0.3) is 0 Å². The van der Waals surface area contributed by atoms with Gasteiger partial charge in [0.2, 0.25) is 0 Å².